The molecule has 0 atom stereocenters. The Morgan fingerprint density at radius 3 is 2.62 bits per heavy atom. The first-order valence-electron chi connectivity index (χ1n) is 7.57. The summed E-state index contributed by atoms with van der Waals surface area (Å²) >= 11 is 2.39. The van der Waals surface area contributed by atoms with Crippen LogP contribution in [0, 0.1) is 10.5 Å². The first-order valence-corrected chi connectivity index (χ1v) is 8.65. The van der Waals surface area contributed by atoms with Crippen LogP contribution in [0.2, 0.25) is 0 Å². The maximum Gasteiger partial charge on any atom is 0.0421 e. The second-order valence-electron chi connectivity index (χ2n) is 5.64. The standard InChI is InChI=1S/C18H21IN2/c1-14-8-9-16(12-17(14)19)20-13-15-6-2-3-7-18(15)21-10-4-5-11-21/h2-3,6-9,12,20H,4-5,10-11,13H2,1H3. The number of para-hydroxylation sites is 1. The van der Waals surface area contributed by atoms with Gasteiger partial charge in [0.25, 0.3) is 0 Å². The maximum atomic E-state index is 3.56. The van der Waals surface area contributed by atoms with E-state index in [1.54, 1.807) is 0 Å². The van der Waals surface area contributed by atoms with Crippen LogP contribution < -0.4 is 10.2 Å². The van der Waals surface area contributed by atoms with Crippen LogP contribution in [0.1, 0.15) is 24.0 Å². The molecule has 1 aliphatic rings. The number of anilines is 2. The van der Waals surface area contributed by atoms with Gasteiger partial charge in [0.15, 0.2) is 0 Å². The van der Waals surface area contributed by atoms with Crippen LogP contribution in [0.3, 0.4) is 0 Å². The monoisotopic (exact) mass is 392 g/mol. The summed E-state index contributed by atoms with van der Waals surface area (Å²) in [6.45, 7) is 5.42. The third kappa shape index (κ3) is 3.51. The zero-order valence-corrected chi connectivity index (χ0v) is 14.6. The minimum absolute atomic E-state index is 0.881. The Labute approximate surface area is 140 Å². The first kappa shape index (κ1) is 14.7. The third-order valence-electron chi connectivity index (χ3n) is 4.09. The van der Waals surface area contributed by atoms with E-state index in [-0.39, 0.29) is 0 Å². The van der Waals surface area contributed by atoms with E-state index in [9.17, 15) is 0 Å². The van der Waals surface area contributed by atoms with Crippen molar-refractivity contribution in [1.29, 1.82) is 0 Å². The van der Waals surface area contributed by atoms with Crippen molar-refractivity contribution in [3.63, 3.8) is 0 Å². The minimum Gasteiger partial charge on any atom is -0.381 e. The van der Waals surface area contributed by atoms with Crippen LogP contribution in [0.4, 0.5) is 11.4 Å². The van der Waals surface area contributed by atoms with Gasteiger partial charge in [-0.3, -0.25) is 0 Å². The van der Waals surface area contributed by atoms with E-state index < -0.39 is 0 Å². The molecule has 1 N–H and O–H groups in total. The van der Waals surface area contributed by atoms with Gasteiger partial charge in [-0.25, -0.2) is 0 Å². The number of hydrogen-bond acceptors (Lipinski definition) is 2. The van der Waals surface area contributed by atoms with E-state index in [2.05, 4.69) is 82.2 Å². The molecule has 1 heterocycles. The van der Waals surface area contributed by atoms with E-state index in [0.717, 1.165) is 6.54 Å². The molecule has 1 fully saturated rings. The van der Waals surface area contributed by atoms with Gasteiger partial charge < -0.3 is 10.2 Å². The normalized spacial score (nSPS) is 14.5. The molecule has 2 aromatic rings. The minimum atomic E-state index is 0.881. The number of nitrogens with one attached hydrogen (secondary N) is 1. The van der Waals surface area contributed by atoms with Crippen molar-refractivity contribution >= 4 is 34.0 Å². The number of rotatable bonds is 4. The molecular formula is C18H21IN2. The second-order valence-corrected chi connectivity index (χ2v) is 6.80. The molecule has 0 amide bonds. The maximum absolute atomic E-state index is 3.56. The van der Waals surface area contributed by atoms with Gasteiger partial charge in [0.05, 0.1) is 0 Å². The van der Waals surface area contributed by atoms with Gasteiger partial charge >= 0.3 is 0 Å². The van der Waals surface area contributed by atoms with Gasteiger partial charge in [-0.15, -0.1) is 0 Å². The summed E-state index contributed by atoms with van der Waals surface area (Å²) < 4.78 is 1.31. The lowest BCUT2D eigenvalue weighted by Crippen LogP contribution is -2.19. The Kier molecular flexibility index (Phi) is 4.68. The van der Waals surface area contributed by atoms with Crippen molar-refractivity contribution in [2.45, 2.75) is 26.3 Å². The summed E-state index contributed by atoms with van der Waals surface area (Å²) in [6.07, 6.45) is 2.63. The molecule has 3 heteroatoms. The zero-order chi connectivity index (χ0) is 14.7. The summed E-state index contributed by atoms with van der Waals surface area (Å²) in [5.74, 6) is 0. The van der Waals surface area contributed by atoms with Gasteiger partial charge in [-0.1, -0.05) is 24.3 Å². The summed E-state index contributed by atoms with van der Waals surface area (Å²) in [4.78, 5) is 2.51. The predicted octanol–water partition coefficient (Wildman–Crippen LogP) is 4.81. The fourth-order valence-corrected chi connectivity index (χ4v) is 3.34. The van der Waals surface area contributed by atoms with Gasteiger partial charge in [-0.2, -0.15) is 0 Å². The number of hydrogen-bond donors (Lipinski definition) is 1. The van der Waals surface area contributed by atoms with Crippen LogP contribution in [0.15, 0.2) is 42.5 Å². The molecule has 1 aliphatic heterocycles. The smallest absolute Gasteiger partial charge is 0.0421 e. The van der Waals surface area contributed by atoms with E-state index in [0.29, 0.717) is 0 Å². The zero-order valence-electron chi connectivity index (χ0n) is 12.4. The number of aryl methyl sites for hydroxylation is 1. The molecule has 0 aliphatic carbocycles. The molecule has 21 heavy (non-hydrogen) atoms. The molecule has 0 saturated carbocycles. The molecule has 110 valence electrons. The lowest BCUT2D eigenvalue weighted by Gasteiger charge is -2.21. The Hall–Kier alpha value is -1.23. The first-order chi connectivity index (χ1) is 10.2. The topological polar surface area (TPSA) is 15.3 Å². The van der Waals surface area contributed by atoms with Crippen LogP contribution in [0.25, 0.3) is 0 Å². The number of halogens is 1. The summed E-state index contributed by atoms with van der Waals surface area (Å²) in [5, 5.41) is 3.56. The Morgan fingerprint density at radius 1 is 1.10 bits per heavy atom. The summed E-state index contributed by atoms with van der Waals surface area (Å²) in [5.41, 5.74) is 5.30. The number of nitrogens with zero attached hydrogens (tertiary/aromatic N) is 1. The molecule has 0 unspecified atom stereocenters. The summed E-state index contributed by atoms with van der Waals surface area (Å²) in [7, 11) is 0. The molecule has 2 aromatic carbocycles. The highest BCUT2D eigenvalue weighted by molar-refractivity contribution is 14.1. The van der Waals surface area contributed by atoms with Crippen LogP contribution >= 0.6 is 22.6 Å². The summed E-state index contributed by atoms with van der Waals surface area (Å²) in [6, 6.07) is 15.3. The third-order valence-corrected chi connectivity index (χ3v) is 5.26. The Balaban J connectivity index is 1.74. The highest BCUT2D eigenvalue weighted by atomic mass is 127. The molecule has 0 bridgehead atoms. The van der Waals surface area contributed by atoms with Crippen molar-refractivity contribution in [3.05, 3.63) is 57.2 Å². The lowest BCUT2D eigenvalue weighted by molar-refractivity contribution is 0.949. The average molecular weight is 392 g/mol. The Bertz CT molecular complexity index is 618. The number of benzene rings is 2. The van der Waals surface area contributed by atoms with E-state index >= 15 is 0 Å². The fourth-order valence-electron chi connectivity index (χ4n) is 2.83. The SMILES string of the molecule is Cc1ccc(NCc2ccccc2N2CCCC2)cc1I. The second kappa shape index (κ2) is 6.69. The molecule has 1 saturated heterocycles. The van der Waals surface area contributed by atoms with Gasteiger partial charge in [-0.05, 0) is 71.7 Å². The van der Waals surface area contributed by atoms with E-state index in [4.69, 9.17) is 0 Å². The molecule has 2 nitrogen and oxygen atoms in total. The largest absolute Gasteiger partial charge is 0.381 e. The van der Waals surface area contributed by atoms with Crippen LogP contribution in [-0.2, 0) is 6.54 Å². The predicted molar refractivity (Wildman–Crippen MR) is 99.1 cm³/mol. The molecular weight excluding hydrogens is 371 g/mol. The highest BCUT2D eigenvalue weighted by Crippen LogP contribution is 2.25. The quantitative estimate of drug-likeness (QED) is 0.752. The van der Waals surface area contributed by atoms with Gasteiger partial charge in [0.2, 0.25) is 0 Å². The van der Waals surface area contributed by atoms with Crippen molar-refractivity contribution in [2.75, 3.05) is 23.3 Å². The molecule has 3 rings (SSSR count). The van der Waals surface area contributed by atoms with Crippen LogP contribution in [0.5, 0.6) is 0 Å². The highest BCUT2D eigenvalue weighted by Gasteiger charge is 2.14. The average Bonchev–Trinajstić information content (AvgIpc) is 3.03. The molecule has 0 radical (unpaired) electrons. The van der Waals surface area contributed by atoms with Gasteiger partial charge in [0.1, 0.15) is 0 Å². The van der Waals surface area contributed by atoms with Crippen molar-refractivity contribution in [1.82, 2.24) is 0 Å². The van der Waals surface area contributed by atoms with Crippen molar-refractivity contribution in [2.24, 2.45) is 0 Å². The van der Waals surface area contributed by atoms with E-state index in [1.165, 1.54) is 52.0 Å². The lowest BCUT2D eigenvalue weighted by atomic mass is 10.1. The molecule has 0 aromatic heterocycles. The molecule has 0 spiro atoms. The van der Waals surface area contributed by atoms with Crippen molar-refractivity contribution < 1.29 is 0 Å². The van der Waals surface area contributed by atoms with Crippen molar-refractivity contribution in [3.8, 4) is 0 Å². The van der Waals surface area contributed by atoms with Gasteiger partial charge in [0, 0.05) is 34.6 Å². The van der Waals surface area contributed by atoms with Crippen LogP contribution in [-0.4, -0.2) is 13.1 Å². The Morgan fingerprint density at radius 2 is 1.86 bits per heavy atom. The van der Waals surface area contributed by atoms with E-state index in [1.807, 2.05) is 0 Å². The fraction of sp³-hybridized carbons (Fsp3) is 0.333.